The zero-order chi connectivity index (χ0) is 33.4. The highest BCUT2D eigenvalue weighted by Crippen LogP contribution is 2.52. The van der Waals surface area contributed by atoms with Crippen LogP contribution in [0.15, 0.2) is 121 Å². The molecular weight excluding hydrogens is 631 g/mol. The molecule has 1 saturated heterocycles. The molecule has 0 spiro atoms. The Bertz CT molecular complexity index is 1480. The van der Waals surface area contributed by atoms with Gasteiger partial charge in [0.05, 0.1) is 46.2 Å². The molecule has 0 N–H and O–H groups in total. The minimum absolute atomic E-state index is 0.111. The van der Waals surface area contributed by atoms with Gasteiger partial charge in [-0.2, -0.15) is 0 Å². The average molecular weight is 677 g/mol. The van der Waals surface area contributed by atoms with E-state index in [4.69, 9.17) is 37.3 Å². The van der Waals surface area contributed by atoms with Gasteiger partial charge in [0.1, 0.15) is 24.4 Å². The number of hydrogen-bond acceptors (Lipinski definition) is 9. The fourth-order valence-corrected chi connectivity index (χ4v) is 6.63. The maximum atomic E-state index is 13.8. The average Bonchev–Trinajstić information content (AvgIpc) is 3.11. The summed E-state index contributed by atoms with van der Waals surface area (Å²) in [5.41, 5.74) is 3.91. The Morgan fingerprint density at radius 3 is 1.38 bits per heavy atom. The van der Waals surface area contributed by atoms with E-state index >= 15 is 0 Å². The Balaban J connectivity index is 1.48. The van der Waals surface area contributed by atoms with Gasteiger partial charge in [0, 0.05) is 0 Å². The second-order valence-electron chi connectivity index (χ2n) is 11.2. The fourth-order valence-electron chi connectivity index (χ4n) is 5.37. The molecule has 0 saturated carbocycles. The van der Waals surface area contributed by atoms with Crippen LogP contribution >= 0.6 is 7.82 Å². The molecule has 0 unspecified atom stereocenters. The van der Waals surface area contributed by atoms with Crippen molar-refractivity contribution in [1.29, 1.82) is 0 Å². The largest absolute Gasteiger partial charge is 0.477 e. The standard InChI is InChI=1S/C38H45O9P/c1-3-44-48(39,45-4-2)47-38-37(43-28-33-23-15-8-16-24-33)36(42-27-32-21-13-7-14-22-32)35(41-26-31-19-11-6-12-20-31)34(46-38)29-40-25-30-17-9-5-10-18-30/h5-24,34-38H,3-4,25-29H2,1-2H3/t34-,35-,36+,37-,38-/m1/s1. The Kier molecular flexibility index (Phi) is 14.4. The van der Waals surface area contributed by atoms with Gasteiger partial charge < -0.3 is 23.7 Å². The monoisotopic (exact) mass is 676 g/mol. The van der Waals surface area contributed by atoms with E-state index < -0.39 is 38.5 Å². The first-order valence-corrected chi connectivity index (χ1v) is 17.8. The molecule has 1 fully saturated rings. The van der Waals surface area contributed by atoms with Gasteiger partial charge in [-0.05, 0) is 36.1 Å². The van der Waals surface area contributed by atoms with Gasteiger partial charge in [-0.15, -0.1) is 0 Å². The van der Waals surface area contributed by atoms with Crippen molar-refractivity contribution in [3.05, 3.63) is 144 Å². The van der Waals surface area contributed by atoms with Crippen LogP contribution in [0.3, 0.4) is 0 Å². The summed E-state index contributed by atoms with van der Waals surface area (Å²) in [6, 6.07) is 39.4. The first-order chi connectivity index (χ1) is 23.6. The van der Waals surface area contributed by atoms with Crippen molar-refractivity contribution in [3.63, 3.8) is 0 Å². The van der Waals surface area contributed by atoms with Gasteiger partial charge in [0.2, 0.25) is 0 Å². The summed E-state index contributed by atoms with van der Waals surface area (Å²) < 4.78 is 63.6. The van der Waals surface area contributed by atoms with Gasteiger partial charge in [-0.1, -0.05) is 121 Å². The predicted octanol–water partition coefficient (Wildman–Crippen LogP) is 7.88. The normalized spacial score (nSPS) is 21.2. The van der Waals surface area contributed by atoms with E-state index in [2.05, 4.69) is 0 Å². The van der Waals surface area contributed by atoms with Gasteiger partial charge in [0.15, 0.2) is 6.29 Å². The summed E-state index contributed by atoms with van der Waals surface area (Å²) in [4.78, 5) is 0. The third kappa shape index (κ3) is 10.9. The maximum absolute atomic E-state index is 13.8. The quantitative estimate of drug-likeness (QED) is 0.0920. The van der Waals surface area contributed by atoms with Crippen LogP contribution in [0.25, 0.3) is 0 Å². The minimum Gasteiger partial charge on any atom is -0.374 e. The third-order valence-corrected chi connectivity index (χ3v) is 9.26. The number of phosphoric acid groups is 1. The van der Waals surface area contributed by atoms with Crippen molar-refractivity contribution in [3.8, 4) is 0 Å². The Morgan fingerprint density at radius 1 is 0.542 bits per heavy atom. The highest BCUT2D eigenvalue weighted by Gasteiger charge is 2.51. The van der Waals surface area contributed by atoms with Crippen molar-refractivity contribution < 1.29 is 41.8 Å². The predicted molar refractivity (Wildman–Crippen MR) is 182 cm³/mol. The van der Waals surface area contributed by atoms with E-state index in [1.165, 1.54) is 0 Å². The molecule has 9 nitrogen and oxygen atoms in total. The first-order valence-electron chi connectivity index (χ1n) is 16.4. The van der Waals surface area contributed by atoms with Crippen LogP contribution in [0, 0.1) is 0 Å². The molecule has 0 aliphatic carbocycles. The summed E-state index contributed by atoms with van der Waals surface area (Å²) in [6.07, 6.45) is -4.20. The summed E-state index contributed by atoms with van der Waals surface area (Å²) in [5.74, 6) is 0. The van der Waals surface area contributed by atoms with E-state index in [9.17, 15) is 4.57 Å². The molecule has 4 aromatic rings. The van der Waals surface area contributed by atoms with Crippen molar-refractivity contribution in [2.75, 3.05) is 19.8 Å². The lowest BCUT2D eigenvalue weighted by Gasteiger charge is -2.46. The van der Waals surface area contributed by atoms with Crippen LogP contribution in [0.5, 0.6) is 0 Å². The van der Waals surface area contributed by atoms with Crippen LogP contribution in [0.4, 0.5) is 0 Å². The molecule has 0 amide bonds. The lowest BCUT2D eigenvalue weighted by atomic mass is 9.98. The molecule has 0 bridgehead atoms. The van der Waals surface area contributed by atoms with Crippen molar-refractivity contribution in [2.45, 2.75) is 71.0 Å². The Hall–Kier alpha value is -3.21. The molecule has 4 aromatic carbocycles. The Morgan fingerprint density at radius 2 is 0.938 bits per heavy atom. The molecule has 256 valence electrons. The van der Waals surface area contributed by atoms with Crippen LogP contribution in [0.1, 0.15) is 36.1 Å². The number of hydrogen-bond donors (Lipinski definition) is 0. The second kappa shape index (κ2) is 19.1. The molecule has 5 rings (SSSR count). The number of phosphoric ester groups is 1. The molecule has 48 heavy (non-hydrogen) atoms. The molecular formula is C38H45O9P. The van der Waals surface area contributed by atoms with E-state index in [0.29, 0.717) is 13.2 Å². The first kappa shape index (κ1) is 36.1. The van der Waals surface area contributed by atoms with Crippen LogP contribution in [-0.4, -0.2) is 50.5 Å². The van der Waals surface area contributed by atoms with Crippen LogP contribution in [0.2, 0.25) is 0 Å². The lowest BCUT2D eigenvalue weighted by molar-refractivity contribution is -0.313. The molecule has 1 aliphatic rings. The number of ether oxygens (including phenoxy) is 5. The molecule has 0 aromatic heterocycles. The zero-order valence-electron chi connectivity index (χ0n) is 27.5. The van der Waals surface area contributed by atoms with Gasteiger partial charge in [-0.25, -0.2) is 4.57 Å². The Labute approximate surface area is 283 Å². The highest BCUT2D eigenvalue weighted by molar-refractivity contribution is 7.48. The van der Waals surface area contributed by atoms with E-state index in [1.54, 1.807) is 13.8 Å². The van der Waals surface area contributed by atoms with E-state index in [-0.39, 0.29) is 33.0 Å². The van der Waals surface area contributed by atoms with Gasteiger partial charge in [0.25, 0.3) is 0 Å². The van der Waals surface area contributed by atoms with Gasteiger partial charge in [-0.3, -0.25) is 13.6 Å². The molecule has 0 radical (unpaired) electrons. The van der Waals surface area contributed by atoms with E-state index in [0.717, 1.165) is 22.3 Å². The van der Waals surface area contributed by atoms with Gasteiger partial charge >= 0.3 is 7.82 Å². The second-order valence-corrected chi connectivity index (χ2v) is 12.8. The third-order valence-electron chi connectivity index (χ3n) is 7.65. The summed E-state index contributed by atoms with van der Waals surface area (Å²) in [7, 11) is -4.05. The minimum atomic E-state index is -4.05. The highest BCUT2D eigenvalue weighted by atomic mass is 31.2. The SMILES string of the molecule is CCOP(=O)(OCC)O[C@H]1O[C@H](COCc2ccccc2)[C@@H](OCc2ccccc2)[C@H](OCc2ccccc2)[C@H]1OCc1ccccc1. The molecule has 1 heterocycles. The topological polar surface area (TPSA) is 90.9 Å². The van der Waals surface area contributed by atoms with Crippen molar-refractivity contribution >= 4 is 7.82 Å². The lowest BCUT2D eigenvalue weighted by Crippen LogP contribution is -2.61. The van der Waals surface area contributed by atoms with Crippen molar-refractivity contribution in [2.24, 2.45) is 0 Å². The van der Waals surface area contributed by atoms with Crippen molar-refractivity contribution in [1.82, 2.24) is 0 Å². The van der Waals surface area contributed by atoms with Crippen LogP contribution in [-0.2, 0) is 68.2 Å². The fraction of sp³-hybridized carbons (Fsp3) is 0.368. The maximum Gasteiger partial charge on any atom is 0.477 e. The van der Waals surface area contributed by atoms with Crippen LogP contribution < -0.4 is 0 Å². The smallest absolute Gasteiger partial charge is 0.374 e. The zero-order valence-corrected chi connectivity index (χ0v) is 28.4. The summed E-state index contributed by atoms with van der Waals surface area (Å²) in [6.45, 7) is 4.94. The van der Waals surface area contributed by atoms with E-state index in [1.807, 2.05) is 121 Å². The number of rotatable bonds is 19. The molecule has 1 aliphatic heterocycles. The molecule has 5 atom stereocenters. The molecule has 10 heteroatoms. The summed E-state index contributed by atoms with van der Waals surface area (Å²) in [5, 5.41) is 0. The summed E-state index contributed by atoms with van der Waals surface area (Å²) >= 11 is 0. The number of benzene rings is 4.